The molecule has 0 radical (unpaired) electrons. The van der Waals surface area contributed by atoms with Gasteiger partial charge < -0.3 is 14.6 Å². The first-order valence-corrected chi connectivity index (χ1v) is 12.7. The lowest BCUT2D eigenvalue weighted by molar-refractivity contribution is -0.132. The van der Waals surface area contributed by atoms with Crippen LogP contribution >= 0.6 is 11.3 Å². The first-order chi connectivity index (χ1) is 17.9. The van der Waals surface area contributed by atoms with E-state index in [-0.39, 0.29) is 17.4 Å². The molecular formula is C30H25NO5S. The summed E-state index contributed by atoms with van der Waals surface area (Å²) < 4.78 is 11.6. The van der Waals surface area contributed by atoms with Crippen molar-refractivity contribution in [1.29, 1.82) is 0 Å². The molecule has 1 aromatic heterocycles. The number of aliphatic hydroxyl groups is 1. The number of aliphatic hydroxyl groups excluding tert-OH is 1. The molecule has 1 amide bonds. The van der Waals surface area contributed by atoms with E-state index in [2.05, 4.69) is 0 Å². The molecule has 1 fully saturated rings. The number of thiophene rings is 1. The van der Waals surface area contributed by atoms with Gasteiger partial charge in [0.25, 0.3) is 11.7 Å². The standard InChI is InChI=1S/C30H25NO5S/c1-19(2)35-24-11-6-8-20(18-24)28(32)26-27(25-12-7-17-37-25)31(30(34)29(26)33)21-13-15-23(16-14-21)36-22-9-4-3-5-10-22/h3-19,27,32H,1-2H3/b28-26-. The minimum atomic E-state index is -0.768. The monoisotopic (exact) mass is 511 g/mol. The molecule has 1 N–H and O–H groups in total. The van der Waals surface area contributed by atoms with Gasteiger partial charge >= 0.3 is 0 Å². The van der Waals surface area contributed by atoms with E-state index >= 15 is 0 Å². The van der Waals surface area contributed by atoms with Crippen molar-refractivity contribution in [2.24, 2.45) is 0 Å². The molecular weight excluding hydrogens is 486 g/mol. The lowest BCUT2D eigenvalue weighted by atomic mass is 9.99. The van der Waals surface area contributed by atoms with E-state index in [1.165, 1.54) is 16.2 Å². The number of carbonyl (C=O) groups excluding carboxylic acids is 2. The van der Waals surface area contributed by atoms with Gasteiger partial charge in [-0.2, -0.15) is 0 Å². The van der Waals surface area contributed by atoms with Crippen molar-refractivity contribution in [3.63, 3.8) is 0 Å². The number of benzene rings is 3. The second-order valence-corrected chi connectivity index (χ2v) is 9.77. The van der Waals surface area contributed by atoms with Gasteiger partial charge in [0.2, 0.25) is 0 Å². The predicted octanol–water partition coefficient (Wildman–Crippen LogP) is 6.95. The van der Waals surface area contributed by atoms with Gasteiger partial charge in [-0.05, 0) is 73.8 Å². The number of carbonyl (C=O) groups is 2. The molecule has 1 aliphatic rings. The molecule has 1 aliphatic heterocycles. The highest BCUT2D eigenvalue weighted by Crippen LogP contribution is 2.44. The zero-order valence-electron chi connectivity index (χ0n) is 20.3. The van der Waals surface area contributed by atoms with E-state index < -0.39 is 17.7 Å². The molecule has 0 aliphatic carbocycles. The molecule has 7 heteroatoms. The van der Waals surface area contributed by atoms with Gasteiger partial charge in [0.1, 0.15) is 29.0 Å². The second-order valence-electron chi connectivity index (χ2n) is 8.79. The van der Waals surface area contributed by atoms with Gasteiger partial charge in [-0.1, -0.05) is 36.4 Å². The van der Waals surface area contributed by atoms with Gasteiger partial charge in [0.05, 0.1) is 11.7 Å². The smallest absolute Gasteiger partial charge is 0.300 e. The van der Waals surface area contributed by atoms with Gasteiger partial charge in [0.15, 0.2) is 0 Å². The molecule has 4 aromatic rings. The van der Waals surface area contributed by atoms with E-state index in [4.69, 9.17) is 9.47 Å². The summed E-state index contributed by atoms with van der Waals surface area (Å²) in [6, 6.07) is 26.2. The maximum Gasteiger partial charge on any atom is 0.300 e. The Morgan fingerprint density at radius 3 is 2.24 bits per heavy atom. The van der Waals surface area contributed by atoms with Crippen LogP contribution in [0.25, 0.3) is 5.76 Å². The maximum atomic E-state index is 13.3. The molecule has 1 atom stereocenters. The van der Waals surface area contributed by atoms with Crippen LogP contribution in [0.1, 0.15) is 30.3 Å². The van der Waals surface area contributed by atoms with E-state index in [0.717, 1.165) is 4.88 Å². The fraction of sp³-hybridized carbons (Fsp3) is 0.133. The van der Waals surface area contributed by atoms with Gasteiger partial charge in [-0.15, -0.1) is 11.3 Å². The second kappa shape index (κ2) is 10.3. The van der Waals surface area contributed by atoms with Crippen LogP contribution in [0, 0.1) is 0 Å². The zero-order chi connectivity index (χ0) is 25.9. The zero-order valence-corrected chi connectivity index (χ0v) is 21.1. The fourth-order valence-electron chi connectivity index (χ4n) is 4.26. The number of rotatable bonds is 7. The molecule has 186 valence electrons. The number of Topliss-reactive ketones (excluding diaryl/α,β-unsaturated/α-hetero) is 1. The number of para-hydroxylation sites is 1. The highest BCUT2D eigenvalue weighted by molar-refractivity contribution is 7.10. The molecule has 3 aromatic carbocycles. The summed E-state index contributed by atoms with van der Waals surface area (Å²) in [6.07, 6.45) is -0.0528. The van der Waals surface area contributed by atoms with Crippen LogP contribution < -0.4 is 14.4 Å². The highest BCUT2D eigenvalue weighted by atomic mass is 32.1. The number of nitrogens with zero attached hydrogens (tertiary/aromatic N) is 1. The molecule has 1 unspecified atom stereocenters. The van der Waals surface area contributed by atoms with Crippen LogP contribution in [-0.4, -0.2) is 22.9 Å². The predicted molar refractivity (Wildman–Crippen MR) is 144 cm³/mol. The average molecular weight is 512 g/mol. The Morgan fingerprint density at radius 2 is 1.57 bits per heavy atom. The van der Waals surface area contributed by atoms with Crippen LogP contribution in [0.15, 0.2) is 102 Å². The quantitative estimate of drug-likeness (QED) is 0.165. The molecule has 0 bridgehead atoms. The van der Waals surface area contributed by atoms with Crippen LogP contribution in [0.4, 0.5) is 5.69 Å². The van der Waals surface area contributed by atoms with Crippen molar-refractivity contribution in [3.8, 4) is 17.2 Å². The summed E-state index contributed by atoms with van der Waals surface area (Å²) in [4.78, 5) is 28.8. The first kappa shape index (κ1) is 24.3. The van der Waals surface area contributed by atoms with Crippen LogP contribution in [0.3, 0.4) is 0 Å². The Morgan fingerprint density at radius 1 is 0.865 bits per heavy atom. The number of hydrogen-bond acceptors (Lipinski definition) is 6. The number of ketones is 1. The summed E-state index contributed by atoms with van der Waals surface area (Å²) in [5.74, 6) is 0.175. The minimum absolute atomic E-state index is 0.0405. The van der Waals surface area contributed by atoms with Gasteiger partial charge in [0, 0.05) is 16.1 Å². The van der Waals surface area contributed by atoms with Crippen molar-refractivity contribution < 1.29 is 24.2 Å². The summed E-state index contributed by atoms with van der Waals surface area (Å²) in [6.45, 7) is 3.82. The van der Waals surface area contributed by atoms with Crippen molar-refractivity contribution in [2.45, 2.75) is 26.0 Å². The molecule has 0 saturated carbocycles. The van der Waals surface area contributed by atoms with Crippen molar-refractivity contribution in [1.82, 2.24) is 0 Å². The normalized spacial score (nSPS) is 16.8. The SMILES string of the molecule is CC(C)Oc1cccc(/C(O)=C2/C(=O)C(=O)N(c3ccc(Oc4ccccc4)cc3)C2c2cccs2)c1. The Hall–Kier alpha value is -4.36. The highest BCUT2D eigenvalue weighted by Gasteiger charge is 2.47. The lowest BCUT2D eigenvalue weighted by Gasteiger charge is -2.24. The van der Waals surface area contributed by atoms with Crippen molar-refractivity contribution in [3.05, 3.63) is 112 Å². The molecule has 2 heterocycles. The first-order valence-electron chi connectivity index (χ1n) is 11.9. The van der Waals surface area contributed by atoms with E-state index in [9.17, 15) is 14.7 Å². The third-order valence-corrected chi connectivity index (χ3v) is 6.75. The number of amides is 1. The molecule has 0 spiro atoms. The van der Waals surface area contributed by atoms with Crippen molar-refractivity contribution in [2.75, 3.05) is 4.90 Å². The number of anilines is 1. The fourth-order valence-corrected chi connectivity index (χ4v) is 5.08. The maximum absolute atomic E-state index is 13.3. The minimum Gasteiger partial charge on any atom is -0.507 e. The van der Waals surface area contributed by atoms with Gasteiger partial charge in [-0.25, -0.2) is 0 Å². The largest absolute Gasteiger partial charge is 0.507 e. The Kier molecular flexibility index (Phi) is 6.79. The van der Waals surface area contributed by atoms with E-state index in [0.29, 0.717) is 28.5 Å². The number of ether oxygens (including phenoxy) is 2. The van der Waals surface area contributed by atoms with Crippen LogP contribution in [-0.2, 0) is 9.59 Å². The number of hydrogen-bond donors (Lipinski definition) is 1. The average Bonchev–Trinajstić information content (AvgIpc) is 3.51. The topological polar surface area (TPSA) is 76.1 Å². The molecule has 5 rings (SSSR count). The summed E-state index contributed by atoms with van der Waals surface area (Å²) >= 11 is 1.41. The molecule has 37 heavy (non-hydrogen) atoms. The van der Waals surface area contributed by atoms with E-state index in [1.807, 2.05) is 61.7 Å². The molecule has 6 nitrogen and oxygen atoms in total. The van der Waals surface area contributed by atoms with Crippen LogP contribution in [0.2, 0.25) is 0 Å². The molecule has 1 saturated heterocycles. The summed E-state index contributed by atoms with van der Waals surface area (Å²) in [7, 11) is 0. The Balaban J connectivity index is 1.54. The van der Waals surface area contributed by atoms with Crippen molar-refractivity contribution >= 4 is 34.5 Å². The third-order valence-electron chi connectivity index (χ3n) is 5.83. The Labute approximate surface area is 219 Å². The lowest BCUT2D eigenvalue weighted by Crippen LogP contribution is -2.29. The Bertz CT molecular complexity index is 1440. The summed E-state index contributed by atoms with van der Waals surface area (Å²) in [5, 5.41) is 13.2. The third kappa shape index (κ3) is 4.99. The van der Waals surface area contributed by atoms with Gasteiger partial charge in [-0.3, -0.25) is 14.5 Å². The van der Waals surface area contributed by atoms with E-state index in [1.54, 1.807) is 48.5 Å². The summed E-state index contributed by atoms with van der Waals surface area (Å²) in [5.41, 5.74) is 0.972. The van der Waals surface area contributed by atoms with Crippen LogP contribution in [0.5, 0.6) is 17.2 Å².